The summed E-state index contributed by atoms with van der Waals surface area (Å²) in [6.45, 7) is 5.99. The van der Waals surface area contributed by atoms with Crippen molar-refractivity contribution in [2.45, 2.75) is 32.1 Å². The topological polar surface area (TPSA) is 133 Å². The van der Waals surface area contributed by atoms with Gasteiger partial charge in [-0.05, 0) is 32.1 Å². The van der Waals surface area contributed by atoms with Gasteiger partial charge in [0.1, 0.15) is 0 Å². The minimum Gasteiger partial charge on any atom is -0.550 e. The van der Waals surface area contributed by atoms with Gasteiger partial charge in [0, 0.05) is 29.5 Å². The van der Waals surface area contributed by atoms with Crippen LogP contribution in [0.5, 0.6) is 0 Å². The first-order chi connectivity index (χ1) is 11.3. The Bertz CT molecular complexity index is 468. The molecule has 24 heavy (non-hydrogen) atoms. The Hall–Kier alpha value is -2.64. The van der Waals surface area contributed by atoms with E-state index in [1.807, 2.05) is 0 Å². The second kappa shape index (κ2) is 11.0. The van der Waals surface area contributed by atoms with Crippen LogP contribution in [0.15, 0.2) is 25.3 Å². The normalized spacial score (nSPS) is 10.5. The molecule has 0 unspecified atom stereocenters. The highest BCUT2D eigenvalue weighted by Crippen LogP contribution is 2.33. The lowest BCUT2D eigenvalue weighted by Crippen LogP contribution is -2.44. The molecule has 0 bridgehead atoms. The summed E-state index contributed by atoms with van der Waals surface area (Å²) in [4.78, 5) is 44.2. The van der Waals surface area contributed by atoms with Gasteiger partial charge in [0.2, 0.25) is 0 Å². The smallest absolute Gasteiger partial charge is 0.330 e. The first kappa shape index (κ1) is 21.4. The monoisotopic (exact) mass is 340 g/mol. The van der Waals surface area contributed by atoms with Crippen molar-refractivity contribution in [2.24, 2.45) is 5.41 Å². The van der Waals surface area contributed by atoms with Crippen molar-refractivity contribution < 1.29 is 38.9 Å². The summed E-state index contributed by atoms with van der Waals surface area (Å²) in [7, 11) is 0. The number of esters is 2. The van der Waals surface area contributed by atoms with Crippen molar-refractivity contribution in [3.63, 3.8) is 0 Å². The van der Waals surface area contributed by atoms with E-state index in [-0.39, 0.29) is 45.3 Å². The van der Waals surface area contributed by atoms with Crippen LogP contribution < -0.4 is 10.2 Å². The van der Waals surface area contributed by atoms with Crippen molar-refractivity contribution in [3.05, 3.63) is 25.3 Å². The predicted molar refractivity (Wildman–Crippen MR) is 77.8 cm³/mol. The van der Waals surface area contributed by atoms with Gasteiger partial charge < -0.3 is 29.3 Å². The molecule has 8 nitrogen and oxygen atoms in total. The van der Waals surface area contributed by atoms with Crippen molar-refractivity contribution in [1.29, 1.82) is 0 Å². The second-order valence-corrected chi connectivity index (χ2v) is 5.04. The maximum atomic E-state index is 11.6. The zero-order valence-corrected chi connectivity index (χ0v) is 13.3. The van der Waals surface area contributed by atoms with Gasteiger partial charge in [-0.3, -0.25) is 0 Å². The molecule has 8 heteroatoms. The van der Waals surface area contributed by atoms with Crippen LogP contribution in [0.25, 0.3) is 0 Å². The van der Waals surface area contributed by atoms with Crippen molar-refractivity contribution in [2.75, 3.05) is 13.2 Å². The molecule has 0 fully saturated rings. The van der Waals surface area contributed by atoms with E-state index in [2.05, 4.69) is 13.2 Å². The Balaban J connectivity index is 4.93. The summed E-state index contributed by atoms with van der Waals surface area (Å²) < 4.78 is 9.54. The molecular formula is C16H20O8-2. The highest BCUT2D eigenvalue weighted by molar-refractivity contribution is 5.81. The minimum atomic E-state index is -1.50. The molecule has 0 amide bonds. The van der Waals surface area contributed by atoms with Crippen molar-refractivity contribution in [1.82, 2.24) is 0 Å². The molecule has 0 saturated heterocycles. The van der Waals surface area contributed by atoms with Gasteiger partial charge in [-0.2, -0.15) is 0 Å². The van der Waals surface area contributed by atoms with Crippen molar-refractivity contribution >= 4 is 23.9 Å². The second-order valence-electron chi connectivity index (χ2n) is 5.04. The van der Waals surface area contributed by atoms with Crippen LogP contribution in [-0.4, -0.2) is 37.1 Å². The number of carboxylic acids is 2. The molecule has 0 saturated carbocycles. The highest BCUT2D eigenvalue weighted by Gasteiger charge is 2.32. The third-order valence-electron chi connectivity index (χ3n) is 3.45. The SMILES string of the molecule is C=CC(=O)OCCC(CCCC(=O)[O-])(CCOC(=O)C=C)C(=O)[O-]. The number of hydrogen-bond donors (Lipinski definition) is 0. The average Bonchev–Trinajstić information content (AvgIpc) is 2.53. The van der Waals surface area contributed by atoms with E-state index >= 15 is 0 Å². The molecule has 0 aromatic rings. The molecule has 0 rings (SSSR count). The summed E-state index contributed by atoms with van der Waals surface area (Å²) >= 11 is 0. The molecule has 0 radical (unpaired) electrons. The standard InChI is InChI=1S/C16H22O8/c1-3-13(19)23-10-8-16(15(21)22,7-5-6-12(17)18)9-11-24-14(20)4-2/h3-4H,1-2,5-11H2,(H,17,18)(H,21,22)/p-2. The van der Waals surface area contributed by atoms with Gasteiger partial charge >= 0.3 is 11.9 Å². The Morgan fingerprint density at radius 2 is 1.33 bits per heavy atom. The van der Waals surface area contributed by atoms with Gasteiger partial charge in [0.25, 0.3) is 0 Å². The molecular weight excluding hydrogens is 320 g/mol. The van der Waals surface area contributed by atoms with E-state index in [4.69, 9.17) is 9.47 Å². The van der Waals surface area contributed by atoms with Crippen LogP contribution in [0.3, 0.4) is 0 Å². The zero-order chi connectivity index (χ0) is 18.6. The molecule has 134 valence electrons. The number of hydrogen-bond acceptors (Lipinski definition) is 8. The lowest BCUT2D eigenvalue weighted by Gasteiger charge is -2.34. The minimum absolute atomic E-state index is 0.0289. The molecule has 0 aliphatic carbocycles. The molecule has 0 atom stereocenters. The lowest BCUT2D eigenvalue weighted by atomic mass is 9.77. The molecule has 0 N–H and O–H groups in total. The number of carboxylic acid groups (broad SMARTS) is 2. The Labute approximate surface area is 139 Å². The highest BCUT2D eigenvalue weighted by atomic mass is 16.5. The molecule has 0 aromatic heterocycles. The molecule has 0 aliphatic heterocycles. The number of ether oxygens (including phenoxy) is 2. The maximum Gasteiger partial charge on any atom is 0.330 e. The van der Waals surface area contributed by atoms with Crippen LogP contribution in [0.2, 0.25) is 0 Å². The Kier molecular flexibility index (Phi) is 9.77. The van der Waals surface area contributed by atoms with Gasteiger partial charge in [-0.15, -0.1) is 0 Å². The first-order valence-electron chi connectivity index (χ1n) is 7.27. The quantitative estimate of drug-likeness (QED) is 0.304. The van der Waals surface area contributed by atoms with Crippen LogP contribution in [-0.2, 0) is 28.7 Å². The van der Waals surface area contributed by atoms with E-state index in [0.29, 0.717) is 0 Å². The van der Waals surface area contributed by atoms with E-state index < -0.39 is 29.3 Å². The number of carbonyl (C=O) groups is 4. The fourth-order valence-corrected chi connectivity index (χ4v) is 2.06. The summed E-state index contributed by atoms with van der Waals surface area (Å²) in [6.07, 6.45) is 1.28. The molecule has 0 aliphatic rings. The largest absolute Gasteiger partial charge is 0.550 e. The van der Waals surface area contributed by atoms with Crippen LogP contribution >= 0.6 is 0 Å². The maximum absolute atomic E-state index is 11.6. The first-order valence-corrected chi connectivity index (χ1v) is 7.27. The summed E-state index contributed by atoms with van der Waals surface area (Å²) in [6, 6.07) is 0. The zero-order valence-electron chi connectivity index (χ0n) is 13.3. The number of carbonyl (C=O) groups excluding carboxylic acids is 4. The molecule has 0 heterocycles. The van der Waals surface area contributed by atoms with Gasteiger partial charge in [-0.1, -0.05) is 13.2 Å². The van der Waals surface area contributed by atoms with E-state index in [1.54, 1.807) is 0 Å². The van der Waals surface area contributed by atoms with E-state index in [0.717, 1.165) is 12.2 Å². The van der Waals surface area contributed by atoms with E-state index in [9.17, 15) is 29.4 Å². The molecule has 0 aromatic carbocycles. The van der Waals surface area contributed by atoms with E-state index in [1.165, 1.54) is 0 Å². The average molecular weight is 340 g/mol. The van der Waals surface area contributed by atoms with Gasteiger partial charge in [0.05, 0.1) is 13.2 Å². The molecule has 0 spiro atoms. The number of rotatable bonds is 13. The van der Waals surface area contributed by atoms with Crippen molar-refractivity contribution in [3.8, 4) is 0 Å². The Morgan fingerprint density at radius 3 is 1.67 bits per heavy atom. The summed E-state index contributed by atoms with van der Waals surface area (Å²) in [5.74, 6) is -4.17. The Morgan fingerprint density at radius 1 is 0.875 bits per heavy atom. The fourth-order valence-electron chi connectivity index (χ4n) is 2.06. The van der Waals surface area contributed by atoms with Crippen LogP contribution in [0.4, 0.5) is 0 Å². The third kappa shape index (κ3) is 8.11. The summed E-state index contributed by atoms with van der Waals surface area (Å²) in [5.41, 5.74) is -1.50. The summed E-state index contributed by atoms with van der Waals surface area (Å²) in [5, 5.41) is 22.1. The predicted octanol–water partition coefficient (Wildman–Crippen LogP) is -1.12. The number of aliphatic carboxylic acids is 2. The van der Waals surface area contributed by atoms with Crippen LogP contribution in [0.1, 0.15) is 32.1 Å². The van der Waals surface area contributed by atoms with Crippen LogP contribution in [0, 0.1) is 5.41 Å². The fraction of sp³-hybridized carbons (Fsp3) is 0.500. The lowest BCUT2D eigenvalue weighted by molar-refractivity contribution is -0.322. The van der Waals surface area contributed by atoms with Gasteiger partial charge in [0.15, 0.2) is 0 Å². The van der Waals surface area contributed by atoms with Gasteiger partial charge in [-0.25, -0.2) is 9.59 Å². The third-order valence-corrected chi connectivity index (χ3v) is 3.45.